The summed E-state index contributed by atoms with van der Waals surface area (Å²) in [6, 6.07) is 7.96. The van der Waals surface area contributed by atoms with Crippen molar-refractivity contribution in [2.24, 2.45) is 0 Å². The van der Waals surface area contributed by atoms with Crippen LogP contribution in [0.2, 0.25) is 0 Å². The van der Waals surface area contributed by atoms with Crippen LogP contribution in [0.3, 0.4) is 0 Å². The van der Waals surface area contributed by atoms with Gasteiger partial charge in [-0.1, -0.05) is 18.2 Å². The number of aliphatic hydroxyl groups is 1. The zero-order valence-corrected chi connectivity index (χ0v) is 12.9. The zero-order valence-electron chi connectivity index (χ0n) is 12.9. The Kier molecular flexibility index (Phi) is 5.13. The molecule has 122 valence electrons. The van der Waals surface area contributed by atoms with Gasteiger partial charge in [-0.3, -0.25) is 14.9 Å². The molecule has 0 spiro atoms. The highest BCUT2D eigenvalue weighted by atomic mass is 16.6. The number of aliphatic hydroxyl groups excluding tert-OH is 1. The summed E-state index contributed by atoms with van der Waals surface area (Å²) in [4.78, 5) is 21.9. The Hall–Kier alpha value is -2.67. The average molecular weight is 318 g/mol. The van der Waals surface area contributed by atoms with Crippen LogP contribution in [0.15, 0.2) is 41.3 Å². The largest absolute Gasteiger partial charge is 0.490 e. The molecule has 0 fully saturated rings. The number of benzene rings is 1. The zero-order chi connectivity index (χ0) is 17.0. The van der Waals surface area contributed by atoms with Gasteiger partial charge in [0.15, 0.2) is 0 Å². The van der Waals surface area contributed by atoms with Crippen LogP contribution in [0.4, 0.5) is 5.69 Å². The van der Waals surface area contributed by atoms with Crippen LogP contribution in [0.25, 0.3) is 0 Å². The quantitative estimate of drug-likeness (QED) is 0.647. The Morgan fingerprint density at radius 2 is 1.91 bits per heavy atom. The molecular weight excluding hydrogens is 300 g/mol. The monoisotopic (exact) mass is 318 g/mol. The number of hydrogen-bond acceptors (Lipinski definition) is 5. The third-order valence-electron chi connectivity index (χ3n) is 3.41. The molecule has 2 aromatic rings. The molecule has 0 saturated carbocycles. The summed E-state index contributed by atoms with van der Waals surface area (Å²) in [7, 11) is 0. The smallest absolute Gasteiger partial charge is 0.285 e. The molecule has 1 aromatic carbocycles. The van der Waals surface area contributed by atoms with Gasteiger partial charge >= 0.3 is 0 Å². The average Bonchev–Trinajstić information content (AvgIpc) is 2.48. The number of nitro groups is 1. The van der Waals surface area contributed by atoms with Gasteiger partial charge in [0.2, 0.25) is 0 Å². The molecule has 0 saturated heterocycles. The first-order valence-electron chi connectivity index (χ1n) is 7.10. The van der Waals surface area contributed by atoms with E-state index in [1.54, 1.807) is 0 Å². The summed E-state index contributed by atoms with van der Waals surface area (Å²) < 4.78 is 6.73. The normalized spacial score (nSPS) is 12.0. The fourth-order valence-corrected chi connectivity index (χ4v) is 2.26. The molecule has 0 amide bonds. The first-order valence-corrected chi connectivity index (χ1v) is 7.10. The summed E-state index contributed by atoms with van der Waals surface area (Å²) in [5.74, 6) is 0.693. The van der Waals surface area contributed by atoms with E-state index in [0.29, 0.717) is 5.75 Å². The van der Waals surface area contributed by atoms with E-state index < -0.39 is 16.6 Å². The predicted molar refractivity (Wildman–Crippen MR) is 84.8 cm³/mol. The van der Waals surface area contributed by atoms with E-state index in [9.17, 15) is 20.0 Å². The lowest BCUT2D eigenvalue weighted by atomic mass is 10.1. The maximum absolute atomic E-state index is 11.7. The van der Waals surface area contributed by atoms with Crippen molar-refractivity contribution < 1.29 is 14.8 Å². The van der Waals surface area contributed by atoms with Gasteiger partial charge in [0, 0.05) is 12.1 Å². The van der Waals surface area contributed by atoms with E-state index in [1.807, 2.05) is 32.0 Å². The molecule has 0 radical (unpaired) electrons. The first kappa shape index (κ1) is 16.7. The topological polar surface area (TPSA) is 94.6 Å². The maximum Gasteiger partial charge on any atom is 0.285 e. The first-order chi connectivity index (χ1) is 10.9. The molecule has 1 unspecified atom stereocenters. The van der Waals surface area contributed by atoms with Gasteiger partial charge in [-0.2, -0.15) is 0 Å². The number of para-hydroxylation sites is 1. The second-order valence-electron chi connectivity index (χ2n) is 5.32. The standard InChI is InChI=1S/C16H18N2O5/c1-11-4-3-5-12(2)16(11)23-10-14(19)9-17-8-13(18(21)22)6-7-15(17)20/h3-8,14,19H,9-10H2,1-2H3. The lowest BCUT2D eigenvalue weighted by Gasteiger charge is -2.16. The fraction of sp³-hybridized carbons (Fsp3) is 0.312. The number of rotatable bonds is 6. The van der Waals surface area contributed by atoms with E-state index in [-0.39, 0.29) is 18.8 Å². The van der Waals surface area contributed by atoms with Gasteiger partial charge in [-0.25, -0.2) is 0 Å². The molecule has 23 heavy (non-hydrogen) atoms. The number of hydrogen-bond donors (Lipinski definition) is 1. The van der Waals surface area contributed by atoms with Crippen molar-refractivity contribution in [1.29, 1.82) is 0 Å². The molecule has 0 aliphatic carbocycles. The summed E-state index contributed by atoms with van der Waals surface area (Å²) in [5.41, 5.74) is 1.28. The molecule has 7 heteroatoms. The highest BCUT2D eigenvalue weighted by Crippen LogP contribution is 2.22. The SMILES string of the molecule is Cc1cccc(C)c1OCC(O)Cn1cc([N+](=O)[O-])ccc1=O. The van der Waals surface area contributed by atoms with Crippen LogP contribution < -0.4 is 10.3 Å². The Morgan fingerprint density at radius 3 is 2.52 bits per heavy atom. The van der Waals surface area contributed by atoms with E-state index in [4.69, 9.17) is 4.74 Å². The third kappa shape index (κ3) is 4.17. The summed E-state index contributed by atoms with van der Waals surface area (Å²) >= 11 is 0. The number of pyridine rings is 1. The van der Waals surface area contributed by atoms with Crippen molar-refractivity contribution in [1.82, 2.24) is 4.57 Å². The number of aryl methyl sites for hydroxylation is 2. The molecule has 2 rings (SSSR count). The summed E-state index contributed by atoms with van der Waals surface area (Å²) in [5, 5.41) is 20.8. The van der Waals surface area contributed by atoms with Crippen LogP contribution in [0.1, 0.15) is 11.1 Å². The van der Waals surface area contributed by atoms with Gasteiger partial charge in [0.1, 0.15) is 18.5 Å². The van der Waals surface area contributed by atoms with E-state index >= 15 is 0 Å². The second kappa shape index (κ2) is 7.06. The van der Waals surface area contributed by atoms with Crippen molar-refractivity contribution in [2.45, 2.75) is 26.5 Å². The van der Waals surface area contributed by atoms with Crippen molar-refractivity contribution in [3.05, 3.63) is 68.1 Å². The molecule has 1 atom stereocenters. The Bertz CT molecular complexity index is 749. The van der Waals surface area contributed by atoms with Crippen LogP contribution in [-0.4, -0.2) is 27.3 Å². The number of nitrogens with zero attached hydrogens (tertiary/aromatic N) is 2. The molecule has 7 nitrogen and oxygen atoms in total. The summed E-state index contributed by atoms with van der Waals surface area (Å²) in [6.07, 6.45) is 0.151. The van der Waals surface area contributed by atoms with E-state index in [2.05, 4.69) is 0 Å². The van der Waals surface area contributed by atoms with Crippen LogP contribution in [0.5, 0.6) is 5.75 Å². The van der Waals surface area contributed by atoms with Crippen molar-refractivity contribution in [3.63, 3.8) is 0 Å². The minimum atomic E-state index is -0.964. The summed E-state index contributed by atoms with van der Waals surface area (Å²) in [6.45, 7) is 3.71. The van der Waals surface area contributed by atoms with Crippen molar-refractivity contribution >= 4 is 5.69 Å². The van der Waals surface area contributed by atoms with Gasteiger partial charge in [0.25, 0.3) is 11.2 Å². The van der Waals surface area contributed by atoms with E-state index in [0.717, 1.165) is 34.0 Å². The highest BCUT2D eigenvalue weighted by Gasteiger charge is 2.13. The van der Waals surface area contributed by atoms with E-state index in [1.165, 1.54) is 0 Å². The molecule has 1 aromatic heterocycles. The fourth-order valence-electron chi connectivity index (χ4n) is 2.26. The molecule has 1 heterocycles. The van der Waals surface area contributed by atoms with Gasteiger partial charge in [-0.05, 0) is 25.0 Å². The van der Waals surface area contributed by atoms with Gasteiger partial charge in [-0.15, -0.1) is 0 Å². The Morgan fingerprint density at radius 1 is 1.26 bits per heavy atom. The maximum atomic E-state index is 11.7. The number of aromatic nitrogens is 1. The van der Waals surface area contributed by atoms with Crippen LogP contribution >= 0.6 is 0 Å². The van der Waals surface area contributed by atoms with Crippen molar-refractivity contribution in [2.75, 3.05) is 6.61 Å². The van der Waals surface area contributed by atoms with Gasteiger partial charge < -0.3 is 14.4 Å². The van der Waals surface area contributed by atoms with Crippen LogP contribution in [0, 0.1) is 24.0 Å². The molecular formula is C16H18N2O5. The van der Waals surface area contributed by atoms with Crippen molar-refractivity contribution in [3.8, 4) is 5.75 Å². The molecule has 0 aliphatic heterocycles. The van der Waals surface area contributed by atoms with Gasteiger partial charge in [0.05, 0.1) is 17.7 Å². The molecule has 0 aliphatic rings. The van der Waals surface area contributed by atoms with Crippen LogP contribution in [-0.2, 0) is 6.54 Å². The minimum absolute atomic E-state index is 0.0131. The second-order valence-corrected chi connectivity index (χ2v) is 5.32. The molecule has 0 bridgehead atoms. The lowest BCUT2D eigenvalue weighted by Crippen LogP contribution is -2.29. The predicted octanol–water partition coefficient (Wildman–Crippen LogP) is 1.81. The minimum Gasteiger partial charge on any atom is -0.490 e. The Balaban J connectivity index is 2.05. The molecule has 1 N–H and O–H groups in total. The lowest BCUT2D eigenvalue weighted by molar-refractivity contribution is -0.385. The Labute approximate surface area is 132 Å². The number of ether oxygens (including phenoxy) is 1. The highest BCUT2D eigenvalue weighted by molar-refractivity contribution is 5.39. The third-order valence-corrected chi connectivity index (χ3v) is 3.41.